The zero-order valence-corrected chi connectivity index (χ0v) is 11.8. The van der Waals surface area contributed by atoms with Crippen LogP contribution in [0.3, 0.4) is 0 Å². The maximum atomic E-state index is 11.8. The average Bonchev–Trinajstić information content (AvgIpc) is 2.67. The number of hydrogen-bond donors (Lipinski definition) is 0. The van der Waals surface area contributed by atoms with Gasteiger partial charge < -0.3 is 4.74 Å². The van der Waals surface area contributed by atoms with Crippen molar-refractivity contribution in [1.82, 2.24) is 0 Å². The van der Waals surface area contributed by atoms with Crippen molar-refractivity contribution in [1.29, 1.82) is 0 Å². The van der Waals surface area contributed by atoms with Crippen LogP contribution in [0.2, 0.25) is 0 Å². The van der Waals surface area contributed by atoms with Crippen molar-refractivity contribution in [2.24, 2.45) is 0 Å². The predicted molar refractivity (Wildman–Crippen MR) is 71.5 cm³/mol. The van der Waals surface area contributed by atoms with E-state index in [1.165, 1.54) is 0 Å². The monoisotopic (exact) mass is 318 g/mol. The van der Waals surface area contributed by atoms with E-state index in [1.54, 1.807) is 0 Å². The van der Waals surface area contributed by atoms with Crippen LogP contribution >= 0.6 is 15.9 Å². The Labute approximate surface area is 110 Å². The lowest BCUT2D eigenvalue weighted by Gasteiger charge is -2.10. The molecule has 94 valence electrons. The lowest BCUT2D eigenvalue weighted by molar-refractivity contribution is 0.345. The summed E-state index contributed by atoms with van der Waals surface area (Å²) in [6.45, 7) is 0.612. The number of hydrogen-bond acceptors (Lipinski definition) is 3. The highest BCUT2D eigenvalue weighted by molar-refractivity contribution is 9.09. The van der Waals surface area contributed by atoms with Crippen LogP contribution in [0.5, 0.6) is 5.75 Å². The molecule has 1 aromatic carbocycles. The van der Waals surface area contributed by atoms with Crippen molar-refractivity contribution in [3.05, 3.63) is 29.8 Å². The first kappa shape index (κ1) is 12.9. The Kier molecular flexibility index (Phi) is 4.09. The molecule has 0 spiro atoms. The van der Waals surface area contributed by atoms with Crippen molar-refractivity contribution in [3.63, 3.8) is 0 Å². The number of ether oxygens (including phenoxy) is 1. The molecule has 1 aliphatic rings. The van der Waals surface area contributed by atoms with Gasteiger partial charge in [0.25, 0.3) is 0 Å². The van der Waals surface area contributed by atoms with Crippen LogP contribution < -0.4 is 4.74 Å². The summed E-state index contributed by atoms with van der Waals surface area (Å²) >= 11 is 3.29. The molecule has 2 rings (SSSR count). The van der Waals surface area contributed by atoms with E-state index in [1.807, 2.05) is 24.3 Å². The van der Waals surface area contributed by atoms with E-state index in [0.717, 1.165) is 29.5 Å². The van der Waals surface area contributed by atoms with E-state index in [0.29, 0.717) is 12.4 Å². The molecule has 0 amide bonds. The number of halogens is 1. The van der Waals surface area contributed by atoms with Crippen molar-refractivity contribution >= 4 is 25.8 Å². The second-order valence-corrected chi connectivity index (χ2v) is 7.20. The smallest absolute Gasteiger partial charge is 0.157 e. The predicted octanol–water partition coefficient (Wildman–Crippen LogP) is 2.71. The van der Waals surface area contributed by atoms with Crippen LogP contribution in [0.1, 0.15) is 23.7 Å². The third-order valence-electron chi connectivity index (χ3n) is 2.93. The molecular formula is C12H15BrO3S. The van der Waals surface area contributed by atoms with Crippen molar-refractivity contribution in [2.75, 3.05) is 17.7 Å². The number of sulfone groups is 1. The molecule has 0 bridgehead atoms. The summed E-state index contributed by atoms with van der Waals surface area (Å²) in [6, 6.07) is 7.39. The van der Waals surface area contributed by atoms with Crippen LogP contribution in [0.4, 0.5) is 0 Å². The molecule has 3 nitrogen and oxygen atoms in total. The van der Waals surface area contributed by atoms with Crippen molar-refractivity contribution < 1.29 is 13.2 Å². The Bertz CT molecular complexity index is 467. The van der Waals surface area contributed by atoms with Crippen LogP contribution in [-0.2, 0) is 9.84 Å². The normalized spacial score (nSPS) is 22.5. The fraction of sp³-hybridized carbons (Fsp3) is 0.500. The topological polar surface area (TPSA) is 43.4 Å². The lowest BCUT2D eigenvalue weighted by Crippen LogP contribution is -2.07. The number of alkyl halides is 1. The van der Waals surface area contributed by atoms with E-state index in [9.17, 15) is 8.42 Å². The zero-order chi connectivity index (χ0) is 12.3. The SMILES string of the molecule is O=S1(=O)CCCC1c1ccc(OCCBr)cc1. The van der Waals surface area contributed by atoms with Gasteiger partial charge in [0, 0.05) is 5.33 Å². The van der Waals surface area contributed by atoms with Gasteiger partial charge in [-0.3, -0.25) is 0 Å². The lowest BCUT2D eigenvalue weighted by atomic mass is 10.1. The minimum absolute atomic E-state index is 0.312. The van der Waals surface area contributed by atoms with Gasteiger partial charge in [-0.05, 0) is 30.5 Å². The zero-order valence-electron chi connectivity index (χ0n) is 9.43. The van der Waals surface area contributed by atoms with Crippen LogP contribution in [0.25, 0.3) is 0 Å². The molecule has 1 unspecified atom stereocenters. The minimum atomic E-state index is -2.92. The highest BCUT2D eigenvalue weighted by Crippen LogP contribution is 2.35. The van der Waals surface area contributed by atoms with Gasteiger partial charge in [0.05, 0.1) is 17.6 Å². The van der Waals surface area contributed by atoms with Crippen molar-refractivity contribution in [2.45, 2.75) is 18.1 Å². The van der Waals surface area contributed by atoms with Crippen LogP contribution in [0.15, 0.2) is 24.3 Å². The molecule has 1 aromatic rings. The maximum absolute atomic E-state index is 11.8. The molecule has 0 aliphatic carbocycles. The van der Waals surface area contributed by atoms with E-state index >= 15 is 0 Å². The summed E-state index contributed by atoms with van der Waals surface area (Å²) in [6.07, 6.45) is 1.51. The van der Waals surface area contributed by atoms with Gasteiger partial charge in [0.2, 0.25) is 0 Å². The molecule has 1 aliphatic heterocycles. The van der Waals surface area contributed by atoms with Crippen LogP contribution in [0, 0.1) is 0 Å². The molecule has 0 N–H and O–H groups in total. The van der Waals surface area contributed by atoms with Gasteiger partial charge in [-0.1, -0.05) is 28.1 Å². The molecule has 0 radical (unpaired) electrons. The first-order valence-corrected chi connectivity index (χ1v) is 8.47. The van der Waals surface area contributed by atoms with Crippen LogP contribution in [-0.4, -0.2) is 26.1 Å². The number of rotatable bonds is 4. The largest absolute Gasteiger partial charge is 0.493 e. The molecule has 17 heavy (non-hydrogen) atoms. The Balaban J connectivity index is 2.13. The average molecular weight is 319 g/mol. The summed E-state index contributed by atoms with van der Waals surface area (Å²) in [4.78, 5) is 0. The standard InChI is InChI=1S/C12H15BrO3S/c13-7-8-16-11-5-3-10(4-6-11)12-2-1-9-17(12,14)15/h3-6,12H,1-2,7-9H2. The highest BCUT2D eigenvalue weighted by atomic mass is 79.9. The van der Waals surface area contributed by atoms with Gasteiger partial charge in [-0.25, -0.2) is 8.42 Å². The van der Waals surface area contributed by atoms with Crippen molar-refractivity contribution in [3.8, 4) is 5.75 Å². The summed E-state index contributed by atoms with van der Waals surface area (Å²) < 4.78 is 29.0. The maximum Gasteiger partial charge on any atom is 0.157 e. The van der Waals surface area contributed by atoms with E-state index in [4.69, 9.17) is 4.74 Å². The molecule has 1 fully saturated rings. The summed E-state index contributed by atoms with van der Waals surface area (Å²) in [5.41, 5.74) is 0.883. The summed E-state index contributed by atoms with van der Waals surface area (Å²) in [7, 11) is -2.92. The quantitative estimate of drug-likeness (QED) is 0.802. The fourth-order valence-electron chi connectivity index (χ4n) is 2.10. The fourth-order valence-corrected chi connectivity index (χ4v) is 4.21. The molecule has 5 heteroatoms. The van der Waals surface area contributed by atoms with E-state index < -0.39 is 9.84 Å². The first-order chi connectivity index (χ1) is 8.13. The second kappa shape index (κ2) is 5.40. The van der Waals surface area contributed by atoms with Gasteiger partial charge in [0.1, 0.15) is 5.75 Å². The van der Waals surface area contributed by atoms with Gasteiger partial charge >= 0.3 is 0 Å². The number of benzene rings is 1. The molecule has 1 heterocycles. The Hall–Kier alpha value is -0.550. The Morgan fingerprint density at radius 1 is 1.29 bits per heavy atom. The third-order valence-corrected chi connectivity index (χ3v) is 5.48. The molecule has 0 aromatic heterocycles. The Morgan fingerprint density at radius 2 is 2.00 bits per heavy atom. The van der Waals surface area contributed by atoms with Gasteiger partial charge in [-0.2, -0.15) is 0 Å². The van der Waals surface area contributed by atoms with E-state index in [-0.39, 0.29) is 5.25 Å². The first-order valence-electron chi connectivity index (χ1n) is 5.64. The van der Waals surface area contributed by atoms with Gasteiger partial charge in [-0.15, -0.1) is 0 Å². The summed E-state index contributed by atoms with van der Waals surface area (Å²) in [5.74, 6) is 1.10. The molecule has 0 saturated carbocycles. The Morgan fingerprint density at radius 3 is 2.53 bits per heavy atom. The molecular weight excluding hydrogens is 304 g/mol. The van der Waals surface area contributed by atoms with E-state index in [2.05, 4.69) is 15.9 Å². The summed E-state index contributed by atoms with van der Waals surface area (Å²) in [5, 5.41) is 0.471. The van der Waals surface area contributed by atoms with Gasteiger partial charge in [0.15, 0.2) is 9.84 Å². The minimum Gasteiger partial charge on any atom is -0.493 e. The molecule has 1 atom stereocenters. The third kappa shape index (κ3) is 3.01. The molecule has 1 saturated heterocycles. The highest BCUT2D eigenvalue weighted by Gasteiger charge is 2.32. The second-order valence-electron chi connectivity index (χ2n) is 4.10.